The second-order valence-corrected chi connectivity index (χ2v) is 10.3. The molecule has 16 heteroatoms. The molecule has 0 aliphatic carbocycles. The molecule has 0 saturated carbocycles. The molecule has 3 heterocycles. The van der Waals surface area contributed by atoms with Gasteiger partial charge in [0, 0.05) is 6.54 Å². The molecule has 3 amide bonds. The van der Waals surface area contributed by atoms with Gasteiger partial charge in [-0.1, -0.05) is 53.4 Å². The first-order valence-corrected chi connectivity index (χ1v) is 12.4. The Kier molecular flexibility index (Phi) is 8.36. The van der Waals surface area contributed by atoms with E-state index in [1.54, 1.807) is 0 Å². The molecule has 170 valence electrons. The summed E-state index contributed by atoms with van der Waals surface area (Å²) in [6, 6.07) is 7.44. The minimum Gasteiger partial charge on any atom is -0.731 e. The average Bonchev–Trinajstić information content (AvgIpc) is 3.34. The van der Waals surface area contributed by atoms with Crippen LogP contribution in [0.3, 0.4) is 0 Å². The van der Waals surface area contributed by atoms with Gasteiger partial charge in [-0.05, 0) is 12.0 Å². The Balaban J connectivity index is 0.00000306. The predicted molar refractivity (Wildman–Crippen MR) is 111 cm³/mol. The van der Waals surface area contributed by atoms with Gasteiger partial charge in [0.25, 0.3) is 5.91 Å². The maximum Gasteiger partial charge on any atom is 1.00 e. The Hall–Kier alpha value is -1.75. The summed E-state index contributed by atoms with van der Waals surface area (Å²) in [7, 11) is -4.87. The smallest absolute Gasteiger partial charge is 0.731 e. The zero-order valence-electron chi connectivity index (χ0n) is 17.2. The van der Waals surface area contributed by atoms with Gasteiger partial charge >= 0.3 is 35.7 Å². The van der Waals surface area contributed by atoms with Crippen LogP contribution in [0.15, 0.2) is 34.7 Å². The van der Waals surface area contributed by atoms with Crippen LogP contribution in [0.2, 0.25) is 0 Å². The van der Waals surface area contributed by atoms with Crippen LogP contribution in [0.5, 0.6) is 0 Å². The molecule has 2 atom stereocenters. The fourth-order valence-corrected chi connectivity index (χ4v) is 5.96. The van der Waals surface area contributed by atoms with Gasteiger partial charge in [-0.3, -0.25) is 14.9 Å². The summed E-state index contributed by atoms with van der Waals surface area (Å²) >= 11 is 2.11. The molecule has 12 nitrogen and oxygen atoms in total. The van der Waals surface area contributed by atoms with Gasteiger partial charge in [-0.25, -0.2) is 17.5 Å². The summed E-state index contributed by atoms with van der Waals surface area (Å²) in [5.74, 6) is -1.32. The molecule has 2 saturated heterocycles. The molecule has 1 N–H and O–H groups in total. The van der Waals surface area contributed by atoms with Gasteiger partial charge < -0.3 is 14.2 Å². The predicted octanol–water partition coefficient (Wildman–Crippen LogP) is -2.35. The average molecular weight is 522 g/mol. The second-order valence-electron chi connectivity index (χ2n) is 6.83. The van der Waals surface area contributed by atoms with Crippen molar-refractivity contribution in [1.29, 1.82) is 0 Å². The maximum absolute atomic E-state index is 12.5. The largest absolute Gasteiger partial charge is 1.00 e. The normalized spacial score (nSPS) is 19.4. The van der Waals surface area contributed by atoms with Gasteiger partial charge in [0.15, 0.2) is 14.6 Å². The molecule has 0 spiro atoms. The fourth-order valence-electron chi connectivity index (χ4n) is 3.46. The fraction of sp³-hybridized carbons (Fsp3) is 0.353. The summed E-state index contributed by atoms with van der Waals surface area (Å²) in [4.78, 5) is 37.6. The van der Waals surface area contributed by atoms with Crippen molar-refractivity contribution < 1.29 is 61.6 Å². The van der Waals surface area contributed by atoms with Crippen molar-refractivity contribution in [3.05, 3.63) is 35.9 Å². The number of β-lactam (4-membered cyclic amide) rings is 1. The van der Waals surface area contributed by atoms with E-state index >= 15 is 0 Å². The topological polar surface area (TPSA) is 162 Å². The Morgan fingerprint density at radius 3 is 2.70 bits per heavy atom. The summed E-state index contributed by atoms with van der Waals surface area (Å²) in [6.07, 6.45) is -0.464. The molecule has 1 aromatic heterocycles. The Morgan fingerprint density at radius 2 is 2.00 bits per heavy atom. The zero-order chi connectivity index (χ0) is 22.9. The quantitative estimate of drug-likeness (QED) is 0.137. The van der Waals surface area contributed by atoms with Crippen molar-refractivity contribution in [2.75, 3.05) is 17.6 Å². The van der Waals surface area contributed by atoms with E-state index in [0.29, 0.717) is 8.64 Å². The minimum absolute atomic E-state index is 0. The maximum atomic E-state index is 12.5. The molecular formula is C17H16N5NaO7S3. The molecule has 33 heavy (non-hydrogen) atoms. The molecule has 0 unspecified atom stereocenters. The zero-order valence-corrected chi connectivity index (χ0v) is 21.7. The summed E-state index contributed by atoms with van der Waals surface area (Å²) in [6.45, 7) is 0.284. The molecule has 0 radical (unpaired) electrons. The number of ether oxygens (including phenoxy) is 1. The molecule has 2 aromatic rings. The first-order valence-electron chi connectivity index (χ1n) is 9.26. The number of carbonyl (C=O) groups is 3. The van der Waals surface area contributed by atoms with Crippen molar-refractivity contribution >= 4 is 56.4 Å². The third kappa shape index (κ3) is 5.85. The van der Waals surface area contributed by atoms with Gasteiger partial charge in [-0.15, -0.1) is 10.2 Å². The molecular weight excluding hydrogens is 505 g/mol. The van der Waals surface area contributed by atoms with E-state index in [-0.39, 0.29) is 65.9 Å². The van der Waals surface area contributed by atoms with Crippen LogP contribution >= 0.6 is 23.1 Å². The number of hydrogen-bond donors (Lipinski definition) is 1. The van der Waals surface area contributed by atoms with E-state index in [1.165, 1.54) is 4.90 Å². The third-order valence-electron chi connectivity index (χ3n) is 4.85. The Bertz CT molecular complexity index is 1150. The van der Waals surface area contributed by atoms with E-state index < -0.39 is 34.4 Å². The van der Waals surface area contributed by atoms with Crippen molar-refractivity contribution in [3.8, 4) is 0 Å². The summed E-state index contributed by atoms with van der Waals surface area (Å²) in [5.41, 5.74) is 0.833. The molecule has 4 rings (SSSR count). The van der Waals surface area contributed by atoms with E-state index in [0.717, 1.165) is 28.7 Å². The number of carbonyl (C=O) groups excluding carboxylic acids is 3. The van der Waals surface area contributed by atoms with Crippen LogP contribution < -0.4 is 34.9 Å². The first kappa shape index (κ1) is 25.9. The summed E-state index contributed by atoms with van der Waals surface area (Å²) in [5, 5.41) is 10.4. The minimum atomic E-state index is -4.87. The van der Waals surface area contributed by atoms with E-state index in [1.807, 2.05) is 30.3 Å². The molecule has 1 aromatic carbocycles. The number of nitrogens with zero attached hydrogens (tertiary/aromatic N) is 4. The SMILES string of the molecule is O=C(Nc1nnc(SCC(=O)N2CC[C@@H]3[C@H]2C(=O)N3S(=O)(=O)[O-])s1)OCc1ccccc1.[Na+]. The number of nitrogens with one attached hydrogen (secondary N) is 1. The first-order chi connectivity index (χ1) is 15.2. The van der Waals surface area contributed by atoms with Gasteiger partial charge in [0.2, 0.25) is 11.0 Å². The molecule has 2 aliphatic rings. The monoisotopic (exact) mass is 521 g/mol. The number of fused-ring (bicyclic) bond motifs is 1. The van der Waals surface area contributed by atoms with Crippen molar-refractivity contribution in [2.24, 2.45) is 0 Å². The van der Waals surface area contributed by atoms with Crippen LogP contribution in [0.25, 0.3) is 0 Å². The third-order valence-corrected chi connectivity index (χ3v) is 7.74. The van der Waals surface area contributed by atoms with Gasteiger partial charge in [0.1, 0.15) is 12.6 Å². The van der Waals surface area contributed by atoms with Gasteiger partial charge in [0.05, 0.1) is 11.8 Å². The van der Waals surface area contributed by atoms with Crippen molar-refractivity contribution in [3.63, 3.8) is 0 Å². The van der Waals surface area contributed by atoms with Crippen molar-refractivity contribution in [2.45, 2.75) is 29.5 Å². The van der Waals surface area contributed by atoms with Crippen LogP contribution in [0.1, 0.15) is 12.0 Å². The number of amides is 3. The molecule has 2 aliphatic heterocycles. The number of aromatic nitrogens is 2. The number of anilines is 1. The molecule has 2 fully saturated rings. The van der Waals surface area contributed by atoms with Crippen LogP contribution in [-0.2, 0) is 31.2 Å². The van der Waals surface area contributed by atoms with Crippen LogP contribution in [0.4, 0.5) is 9.93 Å². The van der Waals surface area contributed by atoms with E-state index in [9.17, 15) is 27.4 Å². The number of hydrogen-bond acceptors (Lipinski definition) is 11. The number of thioether (sulfide) groups is 1. The number of likely N-dealkylation sites (tertiary alicyclic amines) is 1. The Labute approximate surface area is 219 Å². The van der Waals surface area contributed by atoms with Gasteiger partial charge in [-0.2, -0.15) is 0 Å². The van der Waals surface area contributed by atoms with E-state index in [2.05, 4.69) is 15.5 Å². The second kappa shape index (κ2) is 10.7. The van der Waals surface area contributed by atoms with Crippen LogP contribution in [-0.4, -0.2) is 74.7 Å². The van der Waals surface area contributed by atoms with Crippen LogP contribution in [0, 0.1) is 0 Å². The standard InChI is InChI=1S/C17H17N5O7S3.Na/c23-12(21-7-6-11-13(21)14(24)22(11)32(26,27)28)9-30-17-20-19-15(31-17)18-16(25)29-8-10-4-2-1-3-5-10;/h1-5,11,13H,6-9H2,(H,18,19,25)(H,26,27,28);/q;+1/p-1/t11-,13+;/m1./s1. The number of rotatable bonds is 7. The van der Waals surface area contributed by atoms with Crippen molar-refractivity contribution in [1.82, 2.24) is 19.4 Å². The van der Waals surface area contributed by atoms with E-state index in [4.69, 9.17) is 4.74 Å². The summed E-state index contributed by atoms with van der Waals surface area (Å²) < 4.78 is 39.2. The molecule has 0 bridgehead atoms. The number of benzene rings is 1. The Morgan fingerprint density at radius 1 is 1.27 bits per heavy atom.